The molecule has 0 N–H and O–H groups in total. The maximum atomic E-state index is 6.24. The van der Waals surface area contributed by atoms with Gasteiger partial charge in [-0.25, -0.2) is 15.0 Å². The van der Waals surface area contributed by atoms with Crippen molar-refractivity contribution in [2.45, 2.75) is 0 Å². The molecule has 10 aromatic rings. The highest BCUT2D eigenvalue weighted by Gasteiger charge is 2.15. The molecule has 0 fully saturated rings. The summed E-state index contributed by atoms with van der Waals surface area (Å²) in [6, 6.07) is 57.1. The molecule has 4 nitrogen and oxygen atoms in total. The van der Waals surface area contributed by atoms with E-state index in [1.54, 1.807) is 0 Å². The first kappa shape index (κ1) is 27.5. The van der Waals surface area contributed by atoms with Crippen molar-refractivity contribution in [3.63, 3.8) is 0 Å². The van der Waals surface area contributed by atoms with E-state index in [9.17, 15) is 0 Å². The number of rotatable bonds is 4. The summed E-state index contributed by atoms with van der Waals surface area (Å²) in [7, 11) is 0. The molecule has 0 saturated carbocycles. The second kappa shape index (κ2) is 11.0. The van der Waals surface area contributed by atoms with E-state index in [4.69, 9.17) is 19.4 Å². The molecule has 0 radical (unpaired) electrons. The molecule has 0 atom stereocenters. The Hall–Kier alpha value is -6.65. The van der Waals surface area contributed by atoms with Crippen molar-refractivity contribution < 1.29 is 4.42 Å². The molecule has 0 aliphatic carbocycles. The van der Waals surface area contributed by atoms with Crippen molar-refractivity contribution in [2.75, 3.05) is 0 Å². The van der Waals surface area contributed by atoms with E-state index in [0.29, 0.717) is 17.5 Å². The van der Waals surface area contributed by atoms with Gasteiger partial charge in [0, 0.05) is 27.5 Å². The minimum atomic E-state index is 0.597. The Balaban J connectivity index is 1.11. The summed E-state index contributed by atoms with van der Waals surface area (Å²) in [6.45, 7) is 0. The molecule has 0 saturated heterocycles. The second-order valence-electron chi connectivity index (χ2n) is 12.5. The van der Waals surface area contributed by atoms with E-state index in [1.807, 2.05) is 24.3 Å². The molecule has 0 amide bonds. The molecule has 2 aromatic heterocycles. The molecule has 49 heavy (non-hydrogen) atoms. The van der Waals surface area contributed by atoms with E-state index < -0.39 is 0 Å². The highest BCUT2D eigenvalue weighted by Crippen LogP contribution is 2.34. The Kier molecular flexibility index (Phi) is 6.15. The average molecular weight is 626 g/mol. The zero-order chi connectivity index (χ0) is 32.3. The van der Waals surface area contributed by atoms with Crippen LogP contribution in [-0.4, -0.2) is 15.0 Å². The molecule has 2 heterocycles. The molecular weight excluding hydrogens is 599 g/mol. The van der Waals surface area contributed by atoms with Crippen LogP contribution in [0.2, 0.25) is 0 Å². The molecular formula is C45H27N3O. The fourth-order valence-electron chi connectivity index (χ4n) is 6.96. The summed E-state index contributed by atoms with van der Waals surface area (Å²) >= 11 is 0. The Bertz CT molecular complexity index is 2890. The molecule has 0 aliphatic heterocycles. The summed E-state index contributed by atoms with van der Waals surface area (Å²) in [6.07, 6.45) is 0. The maximum absolute atomic E-state index is 6.24. The highest BCUT2D eigenvalue weighted by molar-refractivity contribution is 6.08. The van der Waals surface area contributed by atoms with Gasteiger partial charge in [-0.3, -0.25) is 0 Å². The van der Waals surface area contributed by atoms with Crippen LogP contribution >= 0.6 is 0 Å². The van der Waals surface area contributed by atoms with Crippen molar-refractivity contribution in [3.8, 4) is 45.3 Å². The van der Waals surface area contributed by atoms with E-state index in [-0.39, 0.29) is 0 Å². The van der Waals surface area contributed by atoms with Gasteiger partial charge in [0.2, 0.25) is 0 Å². The van der Waals surface area contributed by atoms with Gasteiger partial charge in [0.05, 0.1) is 0 Å². The van der Waals surface area contributed by atoms with Gasteiger partial charge < -0.3 is 4.42 Å². The van der Waals surface area contributed by atoms with Gasteiger partial charge in [-0.15, -0.1) is 0 Å². The SMILES string of the molecule is c1ccc2cc(-c3ccc(-c4nc(-c5ccc6c(ccc7ccccc76)c5)nc(-c5ccc6c(c5)oc5ccccc56)n4)cc3)ccc2c1. The van der Waals surface area contributed by atoms with Crippen LogP contribution in [-0.2, 0) is 0 Å². The summed E-state index contributed by atoms with van der Waals surface area (Å²) < 4.78 is 6.24. The number of para-hydroxylation sites is 1. The minimum Gasteiger partial charge on any atom is -0.456 e. The number of aromatic nitrogens is 3. The van der Waals surface area contributed by atoms with Crippen molar-refractivity contribution in [2.24, 2.45) is 0 Å². The fraction of sp³-hybridized carbons (Fsp3) is 0. The lowest BCUT2D eigenvalue weighted by molar-refractivity contribution is 0.669. The number of fused-ring (bicyclic) bond motifs is 7. The summed E-state index contributed by atoms with van der Waals surface area (Å²) in [5, 5.41) is 9.42. The summed E-state index contributed by atoms with van der Waals surface area (Å²) in [5.74, 6) is 1.84. The Morgan fingerprint density at radius 1 is 0.286 bits per heavy atom. The average Bonchev–Trinajstić information content (AvgIpc) is 3.55. The van der Waals surface area contributed by atoms with Gasteiger partial charge in [-0.2, -0.15) is 0 Å². The van der Waals surface area contributed by atoms with E-state index in [1.165, 1.54) is 32.5 Å². The molecule has 4 heteroatoms. The third-order valence-corrected chi connectivity index (χ3v) is 9.50. The number of nitrogens with zero attached hydrogens (tertiary/aromatic N) is 3. The summed E-state index contributed by atoms with van der Waals surface area (Å²) in [4.78, 5) is 15.2. The lowest BCUT2D eigenvalue weighted by Crippen LogP contribution is -2.00. The maximum Gasteiger partial charge on any atom is 0.164 e. The molecule has 0 unspecified atom stereocenters. The lowest BCUT2D eigenvalue weighted by Gasteiger charge is -2.11. The number of benzene rings is 8. The largest absolute Gasteiger partial charge is 0.456 e. The quantitative estimate of drug-likeness (QED) is 0.183. The van der Waals surface area contributed by atoms with E-state index in [0.717, 1.165) is 49.6 Å². The Labute approximate surface area is 282 Å². The normalized spacial score (nSPS) is 11.7. The number of hydrogen-bond donors (Lipinski definition) is 0. The van der Waals surface area contributed by atoms with Crippen LogP contribution in [0.4, 0.5) is 0 Å². The van der Waals surface area contributed by atoms with Crippen molar-refractivity contribution in [1.29, 1.82) is 0 Å². The fourth-order valence-corrected chi connectivity index (χ4v) is 6.96. The highest BCUT2D eigenvalue weighted by atomic mass is 16.3. The molecule has 0 spiro atoms. The predicted octanol–water partition coefficient (Wildman–Crippen LogP) is 11.9. The van der Waals surface area contributed by atoms with Crippen LogP contribution in [0.25, 0.3) is 99.5 Å². The summed E-state index contributed by atoms with van der Waals surface area (Å²) in [5.41, 5.74) is 6.71. The third kappa shape index (κ3) is 4.73. The molecule has 0 aliphatic rings. The van der Waals surface area contributed by atoms with Crippen molar-refractivity contribution in [3.05, 3.63) is 164 Å². The monoisotopic (exact) mass is 625 g/mol. The standard InChI is InChI=1S/C45H27N3O/c1-2-9-32-25-33(19-15-28(32)7-1)29-13-17-31(18-14-29)43-46-44(35-21-23-38-34(26-35)20-16-30-8-3-4-10-37(30)38)48-45(47-43)36-22-24-40-39-11-5-6-12-41(39)49-42(40)27-36/h1-27H. The van der Waals surface area contributed by atoms with Crippen LogP contribution in [0.3, 0.4) is 0 Å². The first-order valence-corrected chi connectivity index (χ1v) is 16.4. The molecule has 8 aromatic carbocycles. The lowest BCUT2D eigenvalue weighted by atomic mass is 9.99. The van der Waals surface area contributed by atoms with Gasteiger partial charge >= 0.3 is 0 Å². The first-order valence-electron chi connectivity index (χ1n) is 16.4. The molecule has 0 bridgehead atoms. The van der Waals surface area contributed by atoms with Crippen molar-refractivity contribution >= 4 is 54.3 Å². The topological polar surface area (TPSA) is 51.8 Å². The van der Waals surface area contributed by atoms with Gasteiger partial charge in [0.15, 0.2) is 17.5 Å². The second-order valence-corrected chi connectivity index (χ2v) is 12.5. The zero-order valence-corrected chi connectivity index (χ0v) is 26.3. The van der Waals surface area contributed by atoms with E-state index in [2.05, 4.69) is 140 Å². The van der Waals surface area contributed by atoms with Crippen molar-refractivity contribution in [1.82, 2.24) is 15.0 Å². The zero-order valence-electron chi connectivity index (χ0n) is 26.3. The van der Waals surface area contributed by atoms with Crippen LogP contribution in [0.5, 0.6) is 0 Å². The van der Waals surface area contributed by atoms with Crippen LogP contribution in [0, 0.1) is 0 Å². The Morgan fingerprint density at radius 2 is 0.776 bits per heavy atom. The van der Waals surface area contributed by atoms with Crippen LogP contribution in [0.1, 0.15) is 0 Å². The predicted molar refractivity (Wildman–Crippen MR) is 201 cm³/mol. The van der Waals surface area contributed by atoms with Gasteiger partial charge in [-0.05, 0) is 73.8 Å². The van der Waals surface area contributed by atoms with Gasteiger partial charge in [0.1, 0.15) is 11.2 Å². The van der Waals surface area contributed by atoms with Crippen LogP contribution < -0.4 is 0 Å². The van der Waals surface area contributed by atoms with E-state index >= 15 is 0 Å². The first-order chi connectivity index (χ1) is 24.2. The minimum absolute atomic E-state index is 0.597. The molecule has 10 rings (SSSR count). The molecule has 228 valence electrons. The smallest absolute Gasteiger partial charge is 0.164 e. The third-order valence-electron chi connectivity index (χ3n) is 9.50. The number of furan rings is 1. The van der Waals surface area contributed by atoms with Crippen LogP contribution in [0.15, 0.2) is 168 Å². The van der Waals surface area contributed by atoms with Gasteiger partial charge in [-0.1, -0.05) is 133 Å². The van der Waals surface area contributed by atoms with Gasteiger partial charge in [0.25, 0.3) is 0 Å². The Morgan fingerprint density at radius 3 is 1.59 bits per heavy atom. The number of hydrogen-bond acceptors (Lipinski definition) is 4.